The van der Waals surface area contributed by atoms with Crippen molar-refractivity contribution < 1.29 is 121 Å². The molecule has 0 fully saturated rings. The molecule has 0 rings (SSSR count). The molecular weight excluding hydrogens is 538 g/mol. The topological polar surface area (TPSA) is 584 Å². The van der Waals surface area contributed by atoms with Crippen LogP contribution in [0, 0.1) is 0 Å². The number of hydrogen-bond acceptors (Lipinski definition) is 15. The first-order chi connectivity index (χ1) is 6.47. The van der Waals surface area contributed by atoms with Crippen LogP contribution >= 0.6 is 0 Å². The number of rotatable bonds is 1. The normalized spacial score (nSPS) is 2.03. The van der Waals surface area contributed by atoms with Gasteiger partial charge in [-0.1, -0.05) is 6.47 Å². The minimum Gasteiger partial charge on any atom is -0.870 e. The van der Waals surface area contributed by atoms with Gasteiger partial charge in [-0.15, -0.1) is 0 Å². The number of carboxylic acid groups (broad SMARTS) is 2. The molecule has 23 nitrogen and oxygen atoms in total. The fourth-order valence-corrected chi connectivity index (χ4v) is 0. The molecule has 0 aromatic heterocycles. The van der Waals surface area contributed by atoms with E-state index in [1.54, 1.807) is 0 Å². The molecule has 0 radical (unpaired) electrons. The van der Waals surface area contributed by atoms with Gasteiger partial charge >= 0.3 is 121 Å². The van der Waals surface area contributed by atoms with E-state index >= 15 is 0 Å². The summed E-state index contributed by atoms with van der Waals surface area (Å²) in [5.74, 6) is 0. The van der Waals surface area contributed by atoms with E-state index in [4.69, 9.17) is 44.5 Å². The molecule has 0 heterocycles. The maximum absolute atomic E-state index is 8.64. The summed E-state index contributed by atoms with van der Waals surface area (Å²) in [6.45, 7) is 0.319. The van der Waals surface area contributed by atoms with Crippen LogP contribution in [0.5, 0.6) is 0 Å². The summed E-state index contributed by atoms with van der Waals surface area (Å²) >= 11 is 0. The van der Waals surface area contributed by atoms with Crippen molar-refractivity contribution in [2.75, 3.05) is 0 Å². The number of carbonyl (C=O) groups is 2. The Kier molecular flexibility index (Phi) is 4340. The Morgan fingerprint density at radius 3 is 0.750 bits per heavy atom. The van der Waals surface area contributed by atoms with E-state index in [0.717, 1.165) is 0 Å². The first-order valence-corrected chi connectivity index (χ1v) is 2.09. The summed E-state index contributed by atoms with van der Waals surface area (Å²) < 4.78 is 0. The third kappa shape index (κ3) is 7940. The van der Waals surface area contributed by atoms with Gasteiger partial charge in [0.2, 0.25) is 0 Å². The Morgan fingerprint density at radius 2 is 0.750 bits per heavy atom. The molecule has 0 aliphatic heterocycles. The molecule has 32 heavy (non-hydrogen) atoms. The fraction of sp³-hybridized carbons (Fsp3) is 0. The molecule has 0 atom stereocenters. The first kappa shape index (κ1) is 283. The zero-order valence-corrected chi connectivity index (χ0v) is 23.0. The van der Waals surface area contributed by atoms with E-state index < -0.39 is 6.16 Å². The second kappa shape index (κ2) is 491. The SMILES string of the molecule is O.O.O.O.O.O.O.O=C([O-])[O-].O=C=O.O=CO[O-].O=[C-]O.[Mg+2].[Mg+2].[Mg+2].[Mg+2].[Mg+2].[OH-].[OH-].[OH-].[OH-].[OH-].[OH-]. The second-order valence-corrected chi connectivity index (χ2v) is 0.617. The monoisotopic (exact) mass is 558 g/mol. The quantitative estimate of drug-likeness (QED) is 0.102. The van der Waals surface area contributed by atoms with Gasteiger partial charge in [0, 0.05) is 0 Å². The summed E-state index contributed by atoms with van der Waals surface area (Å²) in [7, 11) is 0. The van der Waals surface area contributed by atoms with Crippen molar-refractivity contribution in [2.45, 2.75) is 0 Å². The predicted molar refractivity (Wildman–Crippen MR) is 91.6 cm³/mol. The average molecular weight is 560 g/mol. The molecule has 28 heteroatoms. The third-order valence-corrected chi connectivity index (χ3v) is 0.0393. The number of aliphatic hydroxyl groups excluding tert-OH is 1. The van der Waals surface area contributed by atoms with Crippen LogP contribution < -0.4 is 15.5 Å². The molecule has 0 amide bonds. The summed E-state index contributed by atoms with van der Waals surface area (Å²) in [5.41, 5.74) is 0. The minimum atomic E-state index is -2.33. The van der Waals surface area contributed by atoms with Crippen molar-refractivity contribution in [1.29, 1.82) is 0 Å². The van der Waals surface area contributed by atoms with Crippen molar-refractivity contribution in [1.82, 2.24) is 0 Å². The minimum absolute atomic E-state index is 0. The average Bonchev–Trinajstić information content (AvgIpc) is 2.06. The van der Waals surface area contributed by atoms with E-state index in [1.807, 2.05) is 0 Å². The Bertz CT molecular complexity index is 176. The van der Waals surface area contributed by atoms with Crippen LogP contribution in [0.25, 0.3) is 0 Å². The first-order valence-electron chi connectivity index (χ1n) is 2.09. The molecule has 0 spiro atoms. The second-order valence-electron chi connectivity index (χ2n) is 0.617. The summed E-state index contributed by atoms with van der Waals surface area (Å²) in [6.07, 6.45) is -2.08. The maximum atomic E-state index is 8.64. The van der Waals surface area contributed by atoms with Gasteiger partial charge in [-0.2, -0.15) is 9.59 Å². The van der Waals surface area contributed by atoms with E-state index in [1.165, 1.54) is 0 Å². The zero-order valence-electron chi connectivity index (χ0n) is 15.9. The van der Waals surface area contributed by atoms with Crippen LogP contribution in [0.4, 0.5) is 4.79 Å². The van der Waals surface area contributed by atoms with Crippen LogP contribution in [0.1, 0.15) is 0 Å². The van der Waals surface area contributed by atoms with Gasteiger partial charge in [0.1, 0.15) is 0 Å². The van der Waals surface area contributed by atoms with Gasteiger partial charge < -0.3 is 106 Å². The van der Waals surface area contributed by atoms with Crippen LogP contribution in [0.15, 0.2) is 0 Å². The number of hydrogen-bond donors (Lipinski definition) is 1. The van der Waals surface area contributed by atoms with Crippen molar-refractivity contribution >= 4 is 141 Å². The molecule has 0 saturated heterocycles. The van der Waals surface area contributed by atoms with Gasteiger partial charge in [0.05, 0.1) is 0 Å². The third-order valence-electron chi connectivity index (χ3n) is 0.0393. The fourth-order valence-electron chi connectivity index (χ4n) is 0. The molecule has 0 aliphatic carbocycles. The molecule has 0 bridgehead atoms. The molecule has 0 unspecified atom stereocenters. The van der Waals surface area contributed by atoms with E-state index in [-0.39, 0.29) is 199 Å². The maximum Gasteiger partial charge on any atom is 2.00 e. The van der Waals surface area contributed by atoms with Crippen LogP contribution in [-0.2, 0) is 24.1 Å². The van der Waals surface area contributed by atoms with Crippen LogP contribution in [0.3, 0.4) is 0 Å². The smallest absolute Gasteiger partial charge is 0.870 e. The molecule has 0 saturated carbocycles. The van der Waals surface area contributed by atoms with Gasteiger partial charge in [0.15, 0.2) is 0 Å². The Labute approximate surface area is 258 Å². The Balaban J connectivity index is -0.00000000176. The summed E-state index contributed by atoms with van der Waals surface area (Å²) in [4.78, 5) is 44.1. The van der Waals surface area contributed by atoms with Gasteiger partial charge in [-0.25, -0.2) is 0 Å². The van der Waals surface area contributed by atoms with Gasteiger partial charge in [-0.05, 0) is 6.16 Å². The molecule has 0 aromatic rings. The molecule has 0 aliphatic rings. The van der Waals surface area contributed by atoms with Crippen molar-refractivity contribution in [3.8, 4) is 0 Å². The van der Waals surface area contributed by atoms with Crippen LogP contribution in [-0.4, -0.2) is 217 Å². The molecular formula is C4H22Mg5O23. The Morgan fingerprint density at radius 1 is 0.719 bits per heavy atom. The van der Waals surface area contributed by atoms with Crippen molar-refractivity contribution in [3.05, 3.63) is 0 Å². The van der Waals surface area contributed by atoms with Crippen LogP contribution in [0.2, 0.25) is 0 Å². The summed E-state index contributed by atoms with van der Waals surface area (Å²) in [5, 5.41) is 31.9. The summed E-state index contributed by atoms with van der Waals surface area (Å²) in [6, 6.07) is 0. The van der Waals surface area contributed by atoms with Crippen molar-refractivity contribution in [2.24, 2.45) is 0 Å². The van der Waals surface area contributed by atoms with Gasteiger partial charge in [0.25, 0.3) is 6.47 Å². The largest absolute Gasteiger partial charge is 2.00 e. The van der Waals surface area contributed by atoms with Crippen molar-refractivity contribution in [3.63, 3.8) is 0 Å². The molecule has 186 valence electrons. The zero-order chi connectivity index (χ0) is 12.4. The van der Waals surface area contributed by atoms with E-state index in [0.29, 0.717) is 6.47 Å². The molecule has 21 N–H and O–H groups in total. The molecule has 0 aromatic carbocycles. The van der Waals surface area contributed by atoms with E-state index in [2.05, 4.69) is 4.89 Å². The van der Waals surface area contributed by atoms with E-state index in [9.17, 15) is 0 Å². The number of carbonyl (C=O) groups excluding carboxylic acids is 4. The van der Waals surface area contributed by atoms with Gasteiger partial charge in [-0.3, -0.25) is 4.79 Å². The standard InChI is InChI=1S/2CH2O3.CHO2.CO2.5Mg.13H2O/c2-1-4-3;2-1(3)4;2*2-1-3;;;;;;;;;;;;;;;;;;/h1,3H;(H2,2,3,4);(H,2,3);;;;;;;13*1H2/q;;-1;;5*+2;;;;;;;;;;;;;/p-9. The predicted octanol–water partition coefficient (Wildman–Crippen LogP) is -13.7. The Hall–Kier alpha value is 0.861.